The Kier molecular flexibility index (Phi) is 7.22. The Balaban J connectivity index is 1.72. The number of hydrogen-bond donors (Lipinski definition) is 1. The summed E-state index contributed by atoms with van der Waals surface area (Å²) < 4.78 is 27.4. The molecule has 0 saturated carbocycles. The molecule has 1 fully saturated rings. The second-order valence-electron chi connectivity index (χ2n) is 7.99. The van der Waals surface area contributed by atoms with Crippen LogP contribution in [0.15, 0.2) is 47.4 Å². The lowest BCUT2D eigenvalue weighted by Gasteiger charge is -2.32. The van der Waals surface area contributed by atoms with Crippen LogP contribution in [0.5, 0.6) is 0 Å². The molecule has 2 atom stereocenters. The molecule has 5 nitrogen and oxygen atoms in total. The van der Waals surface area contributed by atoms with Gasteiger partial charge in [-0.1, -0.05) is 42.3 Å². The zero-order chi connectivity index (χ0) is 21.9. The van der Waals surface area contributed by atoms with Gasteiger partial charge < -0.3 is 5.32 Å². The van der Waals surface area contributed by atoms with E-state index in [0.717, 1.165) is 17.5 Å². The van der Waals surface area contributed by atoms with Gasteiger partial charge in [-0.05, 0) is 68.5 Å². The van der Waals surface area contributed by atoms with Crippen LogP contribution in [-0.2, 0) is 14.8 Å². The van der Waals surface area contributed by atoms with Crippen LogP contribution >= 0.6 is 11.6 Å². The summed E-state index contributed by atoms with van der Waals surface area (Å²) in [5.41, 5.74) is 3.45. The molecule has 0 radical (unpaired) electrons. The standard InChI is InChI=1S/C23H29ClN2O3S/c1-4-22(21-12-7-16(2)14-17(21)3)25-23(27)18-6-5-13-26(15-18)30(28,29)20-10-8-19(24)9-11-20/h7-12,14,18,22H,4-6,13,15H2,1-3H3,(H,25,27)/t18-,22+/m1/s1. The van der Waals surface area contributed by atoms with Crippen LogP contribution in [0.1, 0.15) is 48.9 Å². The van der Waals surface area contributed by atoms with E-state index in [4.69, 9.17) is 11.6 Å². The van der Waals surface area contributed by atoms with Gasteiger partial charge in [0.1, 0.15) is 0 Å². The third-order valence-electron chi connectivity index (χ3n) is 5.73. The first-order valence-corrected chi connectivity index (χ1v) is 12.2. The molecule has 0 spiro atoms. The number of halogens is 1. The van der Waals surface area contributed by atoms with E-state index in [9.17, 15) is 13.2 Å². The van der Waals surface area contributed by atoms with Gasteiger partial charge in [0.05, 0.1) is 16.9 Å². The Morgan fingerprint density at radius 1 is 1.20 bits per heavy atom. The Bertz CT molecular complexity index is 1010. The zero-order valence-electron chi connectivity index (χ0n) is 17.7. The van der Waals surface area contributed by atoms with E-state index in [2.05, 4.69) is 30.4 Å². The van der Waals surface area contributed by atoms with E-state index >= 15 is 0 Å². The molecule has 3 rings (SSSR count). The zero-order valence-corrected chi connectivity index (χ0v) is 19.3. The summed E-state index contributed by atoms with van der Waals surface area (Å²) in [7, 11) is -3.65. The first kappa shape index (κ1) is 22.8. The largest absolute Gasteiger partial charge is 0.349 e. The molecule has 1 aliphatic heterocycles. The number of rotatable bonds is 6. The third kappa shape index (κ3) is 5.05. The summed E-state index contributed by atoms with van der Waals surface area (Å²) in [6.07, 6.45) is 2.11. The van der Waals surface area contributed by atoms with Gasteiger partial charge in [0.2, 0.25) is 15.9 Å². The first-order valence-electron chi connectivity index (χ1n) is 10.4. The summed E-state index contributed by atoms with van der Waals surface area (Å²) in [6.45, 7) is 6.76. The number of aryl methyl sites for hydroxylation is 2. The van der Waals surface area contributed by atoms with Crippen molar-refractivity contribution in [3.8, 4) is 0 Å². The highest BCUT2D eigenvalue weighted by molar-refractivity contribution is 7.89. The lowest BCUT2D eigenvalue weighted by molar-refractivity contribution is -0.126. The summed E-state index contributed by atoms with van der Waals surface area (Å²) >= 11 is 5.88. The molecule has 162 valence electrons. The van der Waals surface area contributed by atoms with E-state index in [0.29, 0.717) is 24.4 Å². The fourth-order valence-corrected chi connectivity index (χ4v) is 5.69. The highest BCUT2D eigenvalue weighted by atomic mass is 35.5. The van der Waals surface area contributed by atoms with Crippen molar-refractivity contribution in [1.29, 1.82) is 0 Å². The van der Waals surface area contributed by atoms with Crippen LogP contribution in [-0.4, -0.2) is 31.7 Å². The Hall–Kier alpha value is -1.89. The number of piperidine rings is 1. The van der Waals surface area contributed by atoms with Crippen LogP contribution in [0.4, 0.5) is 0 Å². The summed E-state index contributed by atoms with van der Waals surface area (Å²) in [4.78, 5) is 13.2. The van der Waals surface area contributed by atoms with Gasteiger partial charge in [0, 0.05) is 18.1 Å². The quantitative estimate of drug-likeness (QED) is 0.700. The highest BCUT2D eigenvalue weighted by Gasteiger charge is 2.34. The SMILES string of the molecule is CC[C@H](NC(=O)[C@@H]1CCCN(S(=O)(=O)c2ccc(Cl)cc2)C1)c1ccc(C)cc1C. The third-order valence-corrected chi connectivity index (χ3v) is 7.86. The van der Waals surface area contributed by atoms with E-state index in [1.165, 1.54) is 22.0 Å². The summed E-state index contributed by atoms with van der Waals surface area (Å²) in [6, 6.07) is 12.3. The molecule has 30 heavy (non-hydrogen) atoms. The molecule has 0 aliphatic carbocycles. The van der Waals surface area contributed by atoms with Crippen LogP contribution in [0.25, 0.3) is 0 Å². The number of nitrogens with one attached hydrogen (secondary N) is 1. The van der Waals surface area contributed by atoms with E-state index < -0.39 is 10.0 Å². The number of carbonyl (C=O) groups excluding carboxylic acids is 1. The summed E-state index contributed by atoms with van der Waals surface area (Å²) in [5, 5.41) is 3.64. The molecule has 0 aromatic heterocycles. The van der Waals surface area contributed by atoms with Crippen LogP contribution in [0.3, 0.4) is 0 Å². The lowest BCUT2D eigenvalue weighted by atomic mass is 9.95. The second-order valence-corrected chi connectivity index (χ2v) is 10.4. The van der Waals surface area contributed by atoms with Gasteiger partial charge in [-0.15, -0.1) is 0 Å². The normalized spacial score (nSPS) is 18.7. The van der Waals surface area contributed by atoms with Gasteiger partial charge in [-0.25, -0.2) is 8.42 Å². The molecule has 1 heterocycles. The molecule has 1 amide bonds. The monoisotopic (exact) mass is 448 g/mol. The fraction of sp³-hybridized carbons (Fsp3) is 0.435. The number of hydrogen-bond acceptors (Lipinski definition) is 3. The maximum Gasteiger partial charge on any atom is 0.243 e. The van der Waals surface area contributed by atoms with Crippen molar-refractivity contribution < 1.29 is 13.2 Å². The Labute approximate surface area is 184 Å². The van der Waals surface area contributed by atoms with Gasteiger partial charge >= 0.3 is 0 Å². The maximum atomic E-state index is 13.0. The minimum Gasteiger partial charge on any atom is -0.349 e. The number of carbonyl (C=O) groups is 1. The average molecular weight is 449 g/mol. The molecule has 1 N–H and O–H groups in total. The van der Waals surface area contributed by atoms with Crippen LogP contribution in [0, 0.1) is 19.8 Å². The Morgan fingerprint density at radius 2 is 1.90 bits per heavy atom. The first-order chi connectivity index (χ1) is 14.2. The molecule has 1 saturated heterocycles. The number of amides is 1. The molecule has 2 aromatic rings. The molecule has 0 bridgehead atoms. The maximum absolute atomic E-state index is 13.0. The molecular formula is C23H29ClN2O3S. The molecule has 2 aromatic carbocycles. The van der Waals surface area contributed by atoms with Gasteiger partial charge in [0.25, 0.3) is 0 Å². The van der Waals surface area contributed by atoms with Gasteiger partial charge in [-0.3, -0.25) is 4.79 Å². The highest BCUT2D eigenvalue weighted by Crippen LogP contribution is 2.27. The van der Waals surface area contributed by atoms with Crippen molar-refractivity contribution in [2.45, 2.75) is 51.0 Å². The topological polar surface area (TPSA) is 66.5 Å². The van der Waals surface area contributed by atoms with Gasteiger partial charge in [0.15, 0.2) is 0 Å². The van der Waals surface area contributed by atoms with Crippen molar-refractivity contribution in [2.24, 2.45) is 5.92 Å². The molecule has 7 heteroatoms. The number of nitrogens with zero attached hydrogens (tertiary/aromatic N) is 1. The smallest absolute Gasteiger partial charge is 0.243 e. The van der Waals surface area contributed by atoms with E-state index in [1.54, 1.807) is 12.1 Å². The Morgan fingerprint density at radius 3 is 2.53 bits per heavy atom. The van der Waals surface area contributed by atoms with Crippen molar-refractivity contribution in [3.05, 3.63) is 64.2 Å². The molecule has 0 unspecified atom stereocenters. The minimum atomic E-state index is -3.65. The number of sulfonamides is 1. The fourth-order valence-electron chi connectivity index (χ4n) is 4.04. The second kappa shape index (κ2) is 9.50. The predicted octanol–water partition coefficient (Wildman–Crippen LogP) is 4.63. The number of benzene rings is 2. The molecule has 1 aliphatic rings. The van der Waals surface area contributed by atoms with E-state index in [-0.39, 0.29) is 29.3 Å². The van der Waals surface area contributed by atoms with Crippen LogP contribution < -0.4 is 5.32 Å². The van der Waals surface area contributed by atoms with Gasteiger partial charge in [-0.2, -0.15) is 4.31 Å². The average Bonchev–Trinajstić information content (AvgIpc) is 2.72. The molecular weight excluding hydrogens is 420 g/mol. The lowest BCUT2D eigenvalue weighted by Crippen LogP contribution is -2.46. The minimum absolute atomic E-state index is 0.0821. The van der Waals surface area contributed by atoms with Crippen molar-refractivity contribution >= 4 is 27.5 Å². The van der Waals surface area contributed by atoms with Crippen molar-refractivity contribution in [3.63, 3.8) is 0 Å². The van der Waals surface area contributed by atoms with E-state index in [1.807, 2.05) is 13.8 Å². The van der Waals surface area contributed by atoms with Crippen LogP contribution in [0.2, 0.25) is 5.02 Å². The van der Waals surface area contributed by atoms with Crippen molar-refractivity contribution in [2.75, 3.05) is 13.1 Å². The predicted molar refractivity (Wildman–Crippen MR) is 120 cm³/mol. The summed E-state index contributed by atoms with van der Waals surface area (Å²) in [5.74, 6) is -0.446. The van der Waals surface area contributed by atoms with Crippen molar-refractivity contribution in [1.82, 2.24) is 9.62 Å².